The number of anilines is 1. The van der Waals surface area contributed by atoms with E-state index in [1.54, 1.807) is 24.3 Å². The van der Waals surface area contributed by atoms with Crippen LogP contribution in [0.2, 0.25) is 0 Å². The summed E-state index contributed by atoms with van der Waals surface area (Å²) in [5.41, 5.74) is 2.04. The first kappa shape index (κ1) is 16.7. The summed E-state index contributed by atoms with van der Waals surface area (Å²) in [6.07, 6.45) is 0.550. The van der Waals surface area contributed by atoms with Crippen LogP contribution in [0.1, 0.15) is 22.8 Å². The van der Waals surface area contributed by atoms with Crippen LogP contribution in [0.5, 0.6) is 0 Å². The third kappa shape index (κ3) is 5.23. The number of nitrogens with one attached hydrogen (secondary N) is 2. The van der Waals surface area contributed by atoms with Gasteiger partial charge in [0.15, 0.2) is 0 Å². The maximum Gasteiger partial charge on any atom is 0.251 e. The number of hydrogen-bond acceptors (Lipinski definition) is 3. The lowest BCUT2D eigenvalue weighted by atomic mass is 10.1. The number of carbonyl (C=O) groups excluding carboxylic acids is 2. The lowest BCUT2D eigenvalue weighted by molar-refractivity contribution is -0.114. The average molecular weight is 312 g/mol. The normalized spacial score (nSPS) is 11.6. The molecule has 0 radical (unpaired) electrons. The van der Waals surface area contributed by atoms with Crippen molar-refractivity contribution in [1.29, 1.82) is 0 Å². The minimum absolute atomic E-state index is 0.147. The average Bonchev–Trinajstić information content (AvgIpc) is 2.54. The van der Waals surface area contributed by atoms with E-state index in [9.17, 15) is 14.7 Å². The Kier molecular flexibility index (Phi) is 5.88. The Morgan fingerprint density at radius 3 is 2.48 bits per heavy atom. The maximum absolute atomic E-state index is 12.3. The van der Waals surface area contributed by atoms with Crippen molar-refractivity contribution in [1.82, 2.24) is 5.32 Å². The molecule has 5 nitrogen and oxygen atoms in total. The van der Waals surface area contributed by atoms with Crippen molar-refractivity contribution in [3.8, 4) is 0 Å². The van der Waals surface area contributed by atoms with E-state index in [1.807, 2.05) is 30.3 Å². The van der Waals surface area contributed by atoms with Crippen LogP contribution < -0.4 is 10.6 Å². The number of aliphatic hydroxyl groups excluding tert-OH is 1. The number of hydrogen-bond donors (Lipinski definition) is 3. The fourth-order valence-corrected chi connectivity index (χ4v) is 2.27. The second-order valence-electron chi connectivity index (χ2n) is 5.30. The van der Waals surface area contributed by atoms with E-state index < -0.39 is 0 Å². The molecule has 23 heavy (non-hydrogen) atoms. The van der Waals surface area contributed by atoms with Gasteiger partial charge in [0.05, 0.1) is 12.6 Å². The van der Waals surface area contributed by atoms with E-state index in [0.29, 0.717) is 17.7 Å². The summed E-state index contributed by atoms with van der Waals surface area (Å²) in [5.74, 6) is -0.480. The molecule has 1 atom stereocenters. The van der Waals surface area contributed by atoms with E-state index in [2.05, 4.69) is 10.6 Å². The summed E-state index contributed by atoms with van der Waals surface area (Å²) in [5, 5.41) is 14.9. The number of rotatable bonds is 6. The predicted octanol–water partition coefficient (Wildman–Crippen LogP) is 1.98. The Bertz CT molecular complexity index is 671. The molecule has 0 aliphatic heterocycles. The molecule has 2 rings (SSSR count). The Labute approximate surface area is 135 Å². The summed E-state index contributed by atoms with van der Waals surface area (Å²) in [4.78, 5) is 23.4. The van der Waals surface area contributed by atoms with E-state index in [4.69, 9.17) is 0 Å². The van der Waals surface area contributed by atoms with Crippen molar-refractivity contribution in [2.45, 2.75) is 19.4 Å². The van der Waals surface area contributed by atoms with E-state index >= 15 is 0 Å². The third-order valence-corrected chi connectivity index (χ3v) is 3.33. The molecule has 0 saturated heterocycles. The van der Waals surface area contributed by atoms with E-state index in [1.165, 1.54) is 6.92 Å². The molecule has 0 bridgehead atoms. The van der Waals surface area contributed by atoms with Gasteiger partial charge < -0.3 is 15.7 Å². The fraction of sp³-hybridized carbons (Fsp3) is 0.222. The highest BCUT2D eigenvalue weighted by Gasteiger charge is 2.14. The molecular formula is C18H20N2O3. The molecule has 0 saturated carbocycles. The smallest absolute Gasteiger partial charge is 0.251 e. The second-order valence-corrected chi connectivity index (χ2v) is 5.30. The van der Waals surface area contributed by atoms with Crippen molar-refractivity contribution in [2.24, 2.45) is 0 Å². The molecule has 0 aliphatic carbocycles. The topological polar surface area (TPSA) is 78.4 Å². The quantitative estimate of drug-likeness (QED) is 0.763. The lowest BCUT2D eigenvalue weighted by Gasteiger charge is -2.17. The molecule has 0 aliphatic rings. The van der Waals surface area contributed by atoms with Crippen LogP contribution in [-0.4, -0.2) is 29.6 Å². The molecular weight excluding hydrogens is 292 g/mol. The van der Waals surface area contributed by atoms with Crippen molar-refractivity contribution < 1.29 is 14.7 Å². The van der Waals surface area contributed by atoms with Crippen LogP contribution >= 0.6 is 0 Å². The van der Waals surface area contributed by atoms with Gasteiger partial charge in [-0.15, -0.1) is 0 Å². The Balaban J connectivity index is 2.03. The first-order chi connectivity index (χ1) is 11.1. The zero-order chi connectivity index (χ0) is 16.7. The van der Waals surface area contributed by atoms with Gasteiger partial charge in [-0.25, -0.2) is 0 Å². The highest BCUT2D eigenvalue weighted by Crippen LogP contribution is 2.11. The SMILES string of the molecule is CC(=O)Nc1cccc(C(=O)NC(CO)Cc2ccccc2)c1. The zero-order valence-electron chi connectivity index (χ0n) is 13.0. The van der Waals surface area contributed by atoms with Gasteiger partial charge in [0, 0.05) is 18.2 Å². The second kappa shape index (κ2) is 8.10. The Morgan fingerprint density at radius 1 is 1.09 bits per heavy atom. The van der Waals surface area contributed by atoms with E-state index in [-0.39, 0.29) is 24.5 Å². The Morgan fingerprint density at radius 2 is 1.83 bits per heavy atom. The van der Waals surface area contributed by atoms with E-state index in [0.717, 1.165) is 5.56 Å². The van der Waals surface area contributed by atoms with Crippen LogP contribution in [0.25, 0.3) is 0 Å². The van der Waals surface area contributed by atoms with Crippen LogP contribution in [-0.2, 0) is 11.2 Å². The summed E-state index contributed by atoms with van der Waals surface area (Å²) in [7, 11) is 0. The van der Waals surface area contributed by atoms with Gasteiger partial charge in [-0.2, -0.15) is 0 Å². The maximum atomic E-state index is 12.3. The molecule has 2 aromatic carbocycles. The van der Waals surface area contributed by atoms with Gasteiger partial charge >= 0.3 is 0 Å². The molecule has 120 valence electrons. The van der Waals surface area contributed by atoms with Crippen LogP contribution in [0.15, 0.2) is 54.6 Å². The summed E-state index contributed by atoms with van der Waals surface area (Å²) in [6, 6.07) is 16.0. The molecule has 0 spiro atoms. The summed E-state index contributed by atoms with van der Waals surface area (Å²) >= 11 is 0. The van der Waals surface area contributed by atoms with Gasteiger partial charge in [0.2, 0.25) is 5.91 Å². The molecule has 0 heterocycles. The molecule has 2 aromatic rings. The monoisotopic (exact) mass is 312 g/mol. The molecule has 0 fully saturated rings. The van der Waals surface area contributed by atoms with Crippen molar-refractivity contribution in [3.05, 3.63) is 65.7 Å². The Hall–Kier alpha value is -2.66. The molecule has 0 aromatic heterocycles. The molecule has 1 unspecified atom stereocenters. The third-order valence-electron chi connectivity index (χ3n) is 3.33. The minimum Gasteiger partial charge on any atom is -0.394 e. The van der Waals surface area contributed by atoms with Crippen LogP contribution in [0.4, 0.5) is 5.69 Å². The first-order valence-electron chi connectivity index (χ1n) is 7.42. The lowest BCUT2D eigenvalue weighted by Crippen LogP contribution is -2.39. The number of carbonyl (C=O) groups is 2. The van der Waals surface area contributed by atoms with Gasteiger partial charge in [0.1, 0.15) is 0 Å². The minimum atomic E-state index is -0.366. The van der Waals surface area contributed by atoms with Gasteiger partial charge in [-0.05, 0) is 30.2 Å². The fourth-order valence-electron chi connectivity index (χ4n) is 2.27. The van der Waals surface area contributed by atoms with Gasteiger partial charge in [-0.3, -0.25) is 9.59 Å². The van der Waals surface area contributed by atoms with Crippen molar-refractivity contribution >= 4 is 17.5 Å². The molecule has 3 N–H and O–H groups in total. The summed E-state index contributed by atoms with van der Waals surface area (Å²) in [6.45, 7) is 1.26. The highest BCUT2D eigenvalue weighted by molar-refractivity contribution is 5.96. The molecule has 2 amide bonds. The number of benzene rings is 2. The predicted molar refractivity (Wildman–Crippen MR) is 89.2 cm³/mol. The number of aliphatic hydroxyl groups is 1. The van der Waals surface area contributed by atoms with Crippen LogP contribution in [0, 0.1) is 0 Å². The summed E-state index contributed by atoms with van der Waals surface area (Å²) < 4.78 is 0. The van der Waals surface area contributed by atoms with Crippen molar-refractivity contribution in [3.63, 3.8) is 0 Å². The van der Waals surface area contributed by atoms with Crippen molar-refractivity contribution in [2.75, 3.05) is 11.9 Å². The first-order valence-corrected chi connectivity index (χ1v) is 7.42. The zero-order valence-corrected chi connectivity index (χ0v) is 13.0. The van der Waals surface area contributed by atoms with Gasteiger partial charge in [0.25, 0.3) is 5.91 Å². The van der Waals surface area contributed by atoms with Gasteiger partial charge in [-0.1, -0.05) is 36.4 Å². The largest absolute Gasteiger partial charge is 0.394 e. The van der Waals surface area contributed by atoms with Crippen LogP contribution in [0.3, 0.4) is 0 Å². The molecule has 5 heteroatoms. The highest BCUT2D eigenvalue weighted by atomic mass is 16.3. The standard InChI is InChI=1S/C18H20N2O3/c1-13(22)19-16-9-5-8-15(11-16)18(23)20-17(12-21)10-14-6-3-2-4-7-14/h2-9,11,17,21H,10,12H2,1H3,(H,19,22)(H,20,23). The number of amides is 2.